The molecule has 1 saturated heterocycles. The first kappa shape index (κ1) is 9.52. The third-order valence-corrected chi connectivity index (χ3v) is 2.94. The fraction of sp³-hybridized carbons (Fsp3) is 0.700. The summed E-state index contributed by atoms with van der Waals surface area (Å²) < 4.78 is 7.09. The molecule has 14 heavy (non-hydrogen) atoms. The minimum atomic E-state index is 0.628. The molecule has 2 N–H and O–H groups in total. The smallest absolute Gasteiger partial charge is 0.124 e. The minimum absolute atomic E-state index is 0.628. The molecule has 0 aliphatic carbocycles. The Balaban J connectivity index is 2.12. The number of hydrogen-bond acceptors (Lipinski definition) is 3. The highest BCUT2D eigenvalue weighted by Crippen LogP contribution is 2.22. The summed E-state index contributed by atoms with van der Waals surface area (Å²) in [6.07, 6.45) is 2.15. The van der Waals surface area contributed by atoms with Gasteiger partial charge in [-0.3, -0.25) is 4.68 Å². The molecule has 2 rings (SSSR count). The number of nitrogens with two attached hydrogens (primary N) is 1. The highest BCUT2D eigenvalue weighted by molar-refractivity contribution is 5.42. The lowest BCUT2D eigenvalue weighted by Crippen LogP contribution is -2.05. The van der Waals surface area contributed by atoms with Gasteiger partial charge in [-0.1, -0.05) is 0 Å². The van der Waals surface area contributed by atoms with E-state index in [2.05, 4.69) is 5.10 Å². The van der Waals surface area contributed by atoms with Gasteiger partial charge in [0.25, 0.3) is 0 Å². The van der Waals surface area contributed by atoms with Crippen LogP contribution in [0, 0.1) is 12.8 Å². The number of hydrogen-bond donors (Lipinski definition) is 1. The largest absolute Gasteiger partial charge is 0.384 e. The van der Waals surface area contributed by atoms with Crippen molar-refractivity contribution in [2.24, 2.45) is 13.0 Å². The molecular formula is C10H17N3O. The zero-order chi connectivity index (χ0) is 10.1. The number of ether oxygens (including phenoxy) is 1. The van der Waals surface area contributed by atoms with Gasteiger partial charge >= 0.3 is 0 Å². The zero-order valence-electron chi connectivity index (χ0n) is 8.79. The normalized spacial score (nSPS) is 21.7. The Bertz CT molecular complexity index is 326. The molecular weight excluding hydrogens is 178 g/mol. The number of rotatable bonds is 2. The number of aromatic nitrogens is 2. The minimum Gasteiger partial charge on any atom is -0.384 e. The third-order valence-electron chi connectivity index (χ3n) is 2.94. The molecule has 1 unspecified atom stereocenters. The van der Waals surface area contributed by atoms with Crippen LogP contribution in [0.4, 0.5) is 5.82 Å². The molecule has 1 aromatic rings. The van der Waals surface area contributed by atoms with Crippen LogP contribution in [-0.4, -0.2) is 23.0 Å². The van der Waals surface area contributed by atoms with Crippen LogP contribution in [0.2, 0.25) is 0 Å². The molecule has 78 valence electrons. The van der Waals surface area contributed by atoms with Crippen molar-refractivity contribution in [2.75, 3.05) is 18.9 Å². The Labute approximate surface area is 84.0 Å². The molecule has 0 bridgehead atoms. The first-order valence-electron chi connectivity index (χ1n) is 5.04. The van der Waals surface area contributed by atoms with E-state index < -0.39 is 0 Å². The van der Waals surface area contributed by atoms with Crippen LogP contribution < -0.4 is 5.73 Å². The number of anilines is 1. The van der Waals surface area contributed by atoms with Gasteiger partial charge in [0.15, 0.2) is 0 Å². The van der Waals surface area contributed by atoms with Crippen molar-refractivity contribution in [1.29, 1.82) is 0 Å². The molecule has 2 heterocycles. The first-order valence-corrected chi connectivity index (χ1v) is 5.04. The van der Waals surface area contributed by atoms with E-state index in [1.54, 1.807) is 4.68 Å². The maximum atomic E-state index is 5.85. The molecule has 0 saturated carbocycles. The van der Waals surface area contributed by atoms with Crippen molar-refractivity contribution in [3.63, 3.8) is 0 Å². The first-order chi connectivity index (χ1) is 6.68. The maximum Gasteiger partial charge on any atom is 0.124 e. The Morgan fingerprint density at radius 3 is 2.93 bits per heavy atom. The zero-order valence-corrected chi connectivity index (χ0v) is 8.79. The van der Waals surface area contributed by atoms with Gasteiger partial charge in [-0.15, -0.1) is 0 Å². The fourth-order valence-electron chi connectivity index (χ4n) is 1.91. The third kappa shape index (κ3) is 1.62. The van der Waals surface area contributed by atoms with Gasteiger partial charge in [-0.25, -0.2) is 0 Å². The van der Waals surface area contributed by atoms with E-state index in [-0.39, 0.29) is 0 Å². The van der Waals surface area contributed by atoms with Crippen LogP contribution in [-0.2, 0) is 18.2 Å². The van der Waals surface area contributed by atoms with E-state index in [1.807, 2.05) is 14.0 Å². The molecule has 1 aliphatic rings. The second-order valence-corrected chi connectivity index (χ2v) is 4.01. The predicted molar refractivity (Wildman–Crippen MR) is 55.0 cm³/mol. The Morgan fingerprint density at radius 1 is 1.64 bits per heavy atom. The van der Waals surface area contributed by atoms with Crippen molar-refractivity contribution in [1.82, 2.24) is 9.78 Å². The lowest BCUT2D eigenvalue weighted by molar-refractivity contribution is 0.185. The van der Waals surface area contributed by atoms with E-state index in [1.165, 1.54) is 0 Å². The summed E-state index contributed by atoms with van der Waals surface area (Å²) >= 11 is 0. The summed E-state index contributed by atoms with van der Waals surface area (Å²) in [5.41, 5.74) is 8.10. The summed E-state index contributed by atoms with van der Waals surface area (Å²) in [6, 6.07) is 0. The summed E-state index contributed by atoms with van der Waals surface area (Å²) in [6.45, 7) is 3.80. The maximum absolute atomic E-state index is 5.85. The van der Waals surface area contributed by atoms with Crippen molar-refractivity contribution >= 4 is 5.82 Å². The van der Waals surface area contributed by atoms with Gasteiger partial charge in [0.05, 0.1) is 5.69 Å². The SMILES string of the molecule is Cc1c(CC2CCOC2)nn(C)c1N. The van der Waals surface area contributed by atoms with E-state index in [4.69, 9.17) is 10.5 Å². The predicted octanol–water partition coefficient (Wildman–Crippen LogP) is 0.890. The second-order valence-electron chi connectivity index (χ2n) is 4.01. The molecule has 4 heteroatoms. The number of nitrogens with zero attached hydrogens (tertiary/aromatic N) is 2. The van der Waals surface area contributed by atoms with Crippen LogP contribution >= 0.6 is 0 Å². The molecule has 1 atom stereocenters. The lowest BCUT2D eigenvalue weighted by Gasteiger charge is -2.04. The van der Waals surface area contributed by atoms with Crippen LogP contribution in [0.1, 0.15) is 17.7 Å². The molecule has 1 fully saturated rings. The lowest BCUT2D eigenvalue weighted by atomic mass is 10.0. The Kier molecular flexibility index (Phi) is 2.46. The average molecular weight is 195 g/mol. The molecule has 0 aromatic carbocycles. The van der Waals surface area contributed by atoms with Crippen LogP contribution in [0.3, 0.4) is 0 Å². The summed E-state index contributed by atoms with van der Waals surface area (Å²) in [5.74, 6) is 1.40. The van der Waals surface area contributed by atoms with Crippen LogP contribution in [0.5, 0.6) is 0 Å². The standard InChI is InChI=1S/C10H17N3O/c1-7-9(12-13(2)10(7)11)5-8-3-4-14-6-8/h8H,3-6,11H2,1-2H3. The second kappa shape index (κ2) is 3.61. The van der Waals surface area contributed by atoms with E-state index >= 15 is 0 Å². The Morgan fingerprint density at radius 2 is 2.43 bits per heavy atom. The van der Waals surface area contributed by atoms with E-state index in [0.717, 1.165) is 43.1 Å². The van der Waals surface area contributed by atoms with Crippen molar-refractivity contribution in [2.45, 2.75) is 19.8 Å². The van der Waals surface area contributed by atoms with Gasteiger partial charge in [-0.2, -0.15) is 5.10 Å². The van der Waals surface area contributed by atoms with Crippen molar-refractivity contribution in [3.8, 4) is 0 Å². The van der Waals surface area contributed by atoms with Crippen LogP contribution in [0.25, 0.3) is 0 Å². The highest BCUT2D eigenvalue weighted by atomic mass is 16.5. The van der Waals surface area contributed by atoms with E-state index in [0.29, 0.717) is 5.92 Å². The summed E-state index contributed by atoms with van der Waals surface area (Å²) in [4.78, 5) is 0. The molecule has 0 spiro atoms. The average Bonchev–Trinajstić information content (AvgIpc) is 2.73. The van der Waals surface area contributed by atoms with Gasteiger partial charge in [0.2, 0.25) is 0 Å². The van der Waals surface area contributed by atoms with Gasteiger partial charge in [0.1, 0.15) is 5.82 Å². The topological polar surface area (TPSA) is 53.1 Å². The molecule has 1 aliphatic heterocycles. The number of nitrogen functional groups attached to an aromatic ring is 1. The van der Waals surface area contributed by atoms with Crippen LogP contribution in [0.15, 0.2) is 0 Å². The molecule has 0 radical (unpaired) electrons. The van der Waals surface area contributed by atoms with E-state index in [9.17, 15) is 0 Å². The fourth-order valence-corrected chi connectivity index (χ4v) is 1.91. The Hall–Kier alpha value is -1.03. The molecule has 1 aromatic heterocycles. The van der Waals surface area contributed by atoms with Gasteiger partial charge < -0.3 is 10.5 Å². The van der Waals surface area contributed by atoms with Crippen molar-refractivity contribution < 1.29 is 4.74 Å². The molecule has 4 nitrogen and oxygen atoms in total. The summed E-state index contributed by atoms with van der Waals surface area (Å²) in [7, 11) is 1.89. The molecule has 0 amide bonds. The van der Waals surface area contributed by atoms with Crippen molar-refractivity contribution in [3.05, 3.63) is 11.3 Å². The van der Waals surface area contributed by atoms with Gasteiger partial charge in [0, 0.05) is 25.8 Å². The van der Waals surface area contributed by atoms with Gasteiger partial charge in [-0.05, 0) is 25.7 Å². The summed E-state index contributed by atoms with van der Waals surface area (Å²) in [5, 5.41) is 4.41. The number of aryl methyl sites for hydroxylation is 1. The quantitative estimate of drug-likeness (QED) is 0.762. The highest BCUT2D eigenvalue weighted by Gasteiger charge is 2.19. The monoisotopic (exact) mass is 195 g/mol.